The molecule has 4 rings (SSSR count). The maximum Gasteiger partial charge on any atom is 0.223 e. The standard InChI is InChI=1S/C22H27N3O.CH4/c1-15-5-3-7-19-21(15)18(13-24-19)16(2)11-20(26)25-10-9-22(14-23)8-4-6-17(25)12-22;/h3,5,7,13,16-17,24H,4,6,8-12H2,1-2H3;1H4. The van der Waals surface area contributed by atoms with Crippen molar-refractivity contribution in [1.82, 2.24) is 9.88 Å². The van der Waals surface area contributed by atoms with Crippen molar-refractivity contribution in [2.45, 2.75) is 71.8 Å². The van der Waals surface area contributed by atoms with Gasteiger partial charge in [-0.3, -0.25) is 4.79 Å². The van der Waals surface area contributed by atoms with Gasteiger partial charge in [-0.05, 0) is 62.1 Å². The molecule has 0 radical (unpaired) electrons. The fourth-order valence-electron chi connectivity index (χ4n) is 5.10. The summed E-state index contributed by atoms with van der Waals surface area (Å²) in [6, 6.07) is 9.10. The Kier molecular flexibility index (Phi) is 5.33. The second-order valence-corrected chi connectivity index (χ2v) is 8.33. The number of carbonyl (C=O) groups is 1. The van der Waals surface area contributed by atoms with Crippen LogP contribution in [0.3, 0.4) is 0 Å². The average Bonchev–Trinajstić information content (AvgIpc) is 3.07. The summed E-state index contributed by atoms with van der Waals surface area (Å²) in [6.45, 7) is 5.02. The highest BCUT2D eigenvalue weighted by Gasteiger charge is 2.44. The van der Waals surface area contributed by atoms with Crippen LogP contribution in [0.5, 0.6) is 0 Å². The van der Waals surface area contributed by atoms with Crippen LogP contribution in [0.25, 0.3) is 10.9 Å². The molecule has 2 heterocycles. The number of nitrogens with one attached hydrogen (secondary N) is 1. The van der Waals surface area contributed by atoms with Gasteiger partial charge in [-0.1, -0.05) is 26.5 Å². The monoisotopic (exact) mass is 365 g/mol. The van der Waals surface area contributed by atoms with Gasteiger partial charge in [0.1, 0.15) is 0 Å². The third-order valence-electron chi connectivity index (χ3n) is 6.60. The molecule has 144 valence electrons. The second kappa shape index (κ2) is 7.38. The Labute approximate surface area is 162 Å². The van der Waals surface area contributed by atoms with Gasteiger partial charge in [0, 0.05) is 36.1 Å². The summed E-state index contributed by atoms with van der Waals surface area (Å²) < 4.78 is 0. The molecule has 1 saturated heterocycles. The lowest BCUT2D eigenvalue weighted by Gasteiger charge is -2.47. The maximum atomic E-state index is 13.1. The molecule has 1 amide bonds. The highest BCUT2D eigenvalue weighted by atomic mass is 16.2. The number of aryl methyl sites for hydroxylation is 1. The number of hydrogen-bond donors (Lipinski definition) is 1. The zero-order chi connectivity index (χ0) is 18.3. The van der Waals surface area contributed by atoms with Gasteiger partial charge in [0.25, 0.3) is 0 Å². The topological polar surface area (TPSA) is 59.9 Å². The fourth-order valence-corrected chi connectivity index (χ4v) is 5.10. The molecule has 2 bridgehead atoms. The van der Waals surface area contributed by atoms with Crippen LogP contribution < -0.4 is 0 Å². The Morgan fingerprint density at radius 1 is 1.44 bits per heavy atom. The summed E-state index contributed by atoms with van der Waals surface area (Å²) in [7, 11) is 0. The van der Waals surface area contributed by atoms with Gasteiger partial charge in [-0.15, -0.1) is 0 Å². The second-order valence-electron chi connectivity index (χ2n) is 8.33. The molecular weight excluding hydrogens is 334 g/mol. The number of H-pyrrole nitrogens is 1. The van der Waals surface area contributed by atoms with Crippen LogP contribution in [0.15, 0.2) is 24.4 Å². The van der Waals surface area contributed by atoms with Crippen molar-refractivity contribution >= 4 is 16.8 Å². The molecule has 1 aliphatic carbocycles. The van der Waals surface area contributed by atoms with Crippen LogP contribution in [-0.4, -0.2) is 28.4 Å². The van der Waals surface area contributed by atoms with Gasteiger partial charge in [0.2, 0.25) is 5.91 Å². The van der Waals surface area contributed by atoms with E-state index >= 15 is 0 Å². The average molecular weight is 366 g/mol. The minimum absolute atomic E-state index is 0. The number of aromatic amines is 1. The van der Waals surface area contributed by atoms with E-state index in [2.05, 4.69) is 54.2 Å². The van der Waals surface area contributed by atoms with E-state index in [0.717, 1.165) is 44.2 Å². The van der Waals surface area contributed by atoms with Gasteiger partial charge < -0.3 is 9.88 Å². The first-order valence-corrected chi connectivity index (χ1v) is 9.80. The number of aromatic nitrogens is 1. The molecule has 27 heavy (non-hydrogen) atoms. The number of nitriles is 1. The zero-order valence-electron chi connectivity index (χ0n) is 15.7. The largest absolute Gasteiger partial charge is 0.361 e. The van der Waals surface area contributed by atoms with E-state index in [1.165, 1.54) is 16.5 Å². The first-order valence-electron chi connectivity index (χ1n) is 9.80. The molecule has 0 spiro atoms. The number of likely N-dealkylation sites (tertiary alicyclic amines) is 1. The Morgan fingerprint density at radius 3 is 3.04 bits per heavy atom. The highest BCUT2D eigenvalue weighted by Crippen LogP contribution is 2.44. The van der Waals surface area contributed by atoms with Crippen molar-refractivity contribution in [2.24, 2.45) is 5.41 Å². The molecule has 4 nitrogen and oxygen atoms in total. The van der Waals surface area contributed by atoms with Crippen LogP contribution >= 0.6 is 0 Å². The van der Waals surface area contributed by atoms with Gasteiger partial charge >= 0.3 is 0 Å². The van der Waals surface area contributed by atoms with E-state index in [4.69, 9.17) is 0 Å². The van der Waals surface area contributed by atoms with Crippen molar-refractivity contribution in [3.05, 3.63) is 35.5 Å². The van der Waals surface area contributed by atoms with E-state index in [-0.39, 0.29) is 30.7 Å². The van der Waals surface area contributed by atoms with Crippen molar-refractivity contribution < 1.29 is 4.79 Å². The van der Waals surface area contributed by atoms with E-state index < -0.39 is 0 Å². The van der Waals surface area contributed by atoms with Crippen LogP contribution in [0, 0.1) is 23.7 Å². The number of benzene rings is 1. The molecule has 2 fully saturated rings. The van der Waals surface area contributed by atoms with E-state index in [1.54, 1.807) is 0 Å². The number of rotatable bonds is 3. The number of amides is 1. The Morgan fingerprint density at radius 2 is 2.26 bits per heavy atom. The molecule has 2 aromatic rings. The first-order chi connectivity index (χ1) is 12.5. The summed E-state index contributed by atoms with van der Waals surface area (Å²) in [4.78, 5) is 18.5. The maximum absolute atomic E-state index is 13.1. The van der Waals surface area contributed by atoms with Crippen molar-refractivity contribution in [3.8, 4) is 6.07 Å². The van der Waals surface area contributed by atoms with Gasteiger partial charge in [-0.2, -0.15) is 5.26 Å². The van der Waals surface area contributed by atoms with E-state index in [1.807, 2.05) is 0 Å². The summed E-state index contributed by atoms with van der Waals surface area (Å²) >= 11 is 0. The van der Waals surface area contributed by atoms with E-state index in [0.29, 0.717) is 6.42 Å². The lowest BCUT2D eigenvalue weighted by Crippen LogP contribution is -2.51. The molecule has 1 aromatic carbocycles. The number of carbonyl (C=O) groups excluding carboxylic acids is 1. The predicted molar refractivity (Wildman–Crippen MR) is 109 cm³/mol. The summed E-state index contributed by atoms with van der Waals surface area (Å²) in [5.74, 6) is 0.433. The van der Waals surface area contributed by atoms with Crippen molar-refractivity contribution in [3.63, 3.8) is 0 Å². The zero-order valence-corrected chi connectivity index (χ0v) is 15.7. The Bertz CT molecular complexity index is 877. The number of nitrogens with zero attached hydrogens (tertiary/aromatic N) is 2. The summed E-state index contributed by atoms with van der Waals surface area (Å²) in [5, 5.41) is 10.8. The first kappa shape index (κ1) is 19.5. The van der Waals surface area contributed by atoms with Gasteiger partial charge in [0.05, 0.1) is 11.5 Å². The normalized spacial score (nSPS) is 25.5. The molecule has 3 atom stereocenters. The Balaban J connectivity index is 0.00000210. The molecule has 4 heteroatoms. The lowest BCUT2D eigenvalue weighted by atomic mass is 9.68. The lowest BCUT2D eigenvalue weighted by molar-refractivity contribution is -0.138. The van der Waals surface area contributed by atoms with Crippen molar-refractivity contribution in [2.75, 3.05) is 6.54 Å². The van der Waals surface area contributed by atoms with Gasteiger partial charge in [-0.25, -0.2) is 0 Å². The quantitative estimate of drug-likeness (QED) is 0.803. The minimum atomic E-state index is -0.167. The predicted octanol–water partition coefficient (Wildman–Crippen LogP) is 5.29. The third kappa shape index (κ3) is 3.36. The van der Waals surface area contributed by atoms with Gasteiger partial charge in [0.15, 0.2) is 0 Å². The number of fused-ring (bicyclic) bond motifs is 3. The molecule has 3 unspecified atom stereocenters. The third-order valence-corrected chi connectivity index (χ3v) is 6.60. The molecule has 1 aliphatic heterocycles. The SMILES string of the molecule is C.Cc1cccc2[nH]cc(C(C)CC(=O)N3CCC4(C#N)CCCC3C4)c12. The highest BCUT2D eigenvalue weighted by molar-refractivity contribution is 5.88. The van der Waals surface area contributed by atoms with Crippen LogP contribution in [-0.2, 0) is 4.79 Å². The van der Waals surface area contributed by atoms with Crippen LogP contribution in [0.4, 0.5) is 0 Å². The molecule has 2 aliphatic rings. The minimum Gasteiger partial charge on any atom is -0.361 e. The Hall–Kier alpha value is -2.28. The van der Waals surface area contributed by atoms with Crippen LogP contribution in [0.2, 0.25) is 0 Å². The van der Waals surface area contributed by atoms with Crippen molar-refractivity contribution in [1.29, 1.82) is 5.26 Å². The van der Waals surface area contributed by atoms with E-state index in [9.17, 15) is 10.1 Å². The smallest absolute Gasteiger partial charge is 0.223 e. The number of hydrogen-bond acceptors (Lipinski definition) is 2. The molecule has 1 N–H and O–H groups in total. The molecule has 1 saturated carbocycles. The molecular formula is C23H31N3O. The fraction of sp³-hybridized carbons (Fsp3) is 0.565. The summed E-state index contributed by atoms with van der Waals surface area (Å²) in [6.07, 6.45) is 7.44. The number of piperidine rings is 1. The van der Waals surface area contributed by atoms with Crippen LogP contribution in [0.1, 0.15) is 69.9 Å². The molecule has 1 aromatic heterocycles. The summed E-state index contributed by atoms with van der Waals surface area (Å²) in [5.41, 5.74) is 3.46.